The molecular weight excluding hydrogens is 476 g/mol. The number of urea groups is 1. The average molecular weight is 509 g/mol. The van der Waals surface area contributed by atoms with Gasteiger partial charge in [-0.3, -0.25) is 14.4 Å². The van der Waals surface area contributed by atoms with Crippen LogP contribution in [0.4, 0.5) is 4.79 Å². The number of rotatable bonds is 13. The smallest absolute Gasteiger partial charge is 0.315 e. The van der Waals surface area contributed by atoms with Gasteiger partial charge in [-0.2, -0.15) is 11.8 Å². The molecule has 0 bridgehead atoms. The van der Waals surface area contributed by atoms with Crippen molar-refractivity contribution in [1.82, 2.24) is 26.6 Å². The van der Waals surface area contributed by atoms with Gasteiger partial charge in [-0.25, -0.2) is 4.79 Å². The van der Waals surface area contributed by atoms with Gasteiger partial charge in [0, 0.05) is 35.4 Å². The summed E-state index contributed by atoms with van der Waals surface area (Å²) >= 11 is 3.09. The molecule has 5 amide bonds. The van der Waals surface area contributed by atoms with Crippen LogP contribution in [0.1, 0.15) is 25.7 Å². The zero-order chi connectivity index (χ0) is 24.3. The molecule has 0 spiro atoms. The highest BCUT2D eigenvalue weighted by Gasteiger charge is 2.42. The highest BCUT2D eigenvalue weighted by atomic mass is 32.2. The number of carbonyl (C=O) groups is 4. The van der Waals surface area contributed by atoms with Crippen molar-refractivity contribution in [1.29, 1.82) is 0 Å². The summed E-state index contributed by atoms with van der Waals surface area (Å²) in [6.45, 7) is 0.350. The molecule has 34 heavy (non-hydrogen) atoms. The first-order valence-corrected chi connectivity index (χ1v) is 13.3. The van der Waals surface area contributed by atoms with Gasteiger partial charge in [0.05, 0.1) is 18.6 Å². The van der Waals surface area contributed by atoms with E-state index in [0.717, 1.165) is 29.9 Å². The van der Waals surface area contributed by atoms with E-state index < -0.39 is 11.3 Å². The van der Waals surface area contributed by atoms with Crippen molar-refractivity contribution in [3.05, 3.63) is 30.3 Å². The van der Waals surface area contributed by atoms with Crippen LogP contribution in [0.3, 0.4) is 0 Å². The van der Waals surface area contributed by atoms with Gasteiger partial charge in [0.1, 0.15) is 0 Å². The Morgan fingerprint density at radius 3 is 2.62 bits per heavy atom. The molecule has 0 saturated carbocycles. The summed E-state index contributed by atoms with van der Waals surface area (Å²) < 4.78 is 0. The highest BCUT2D eigenvalue weighted by molar-refractivity contribution is 8.00. The summed E-state index contributed by atoms with van der Waals surface area (Å²) in [4.78, 5) is 48.6. The monoisotopic (exact) mass is 508 g/mol. The van der Waals surface area contributed by atoms with Crippen LogP contribution in [0.25, 0.3) is 0 Å². The van der Waals surface area contributed by atoms with Crippen LogP contribution >= 0.6 is 23.5 Å². The Balaban J connectivity index is 1.29. The van der Waals surface area contributed by atoms with Gasteiger partial charge >= 0.3 is 6.03 Å². The Labute approximate surface area is 207 Å². The van der Waals surface area contributed by atoms with Gasteiger partial charge in [-0.05, 0) is 25.0 Å². The van der Waals surface area contributed by atoms with Gasteiger partial charge < -0.3 is 32.3 Å². The molecule has 2 fully saturated rings. The molecule has 0 radical (unpaired) electrons. The van der Waals surface area contributed by atoms with Crippen LogP contribution in [-0.4, -0.2) is 71.8 Å². The number of benzene rings is 1. The number of amides is 5. The molecule has 12 heteroatoms. The molecule has 186 valence electrons. The Kier molecular flexibility index (Phi) is 10.4. The minimum atomic E-state index is -0.818. The van der Waals surface area contributed by atoms with Crippen molar-refractivity contribution in [3.8, 4) is 0 Å². The number of nitrogens with two attached hydrogens (primary N) is 1. The summed E-state index contributed by atoms with van der Waals surface area (Å²) in [5, 5.41) is 13.6. The third kappa shape index (κ3) is 8.10. The van der Waals surface area contributed by atoms with Crippen molar-refractivity contribution >= 4 is 47.3 Å². The normalized spacial score (nSPS) is 21.7. The fourth-order valence-electron chi connectivity index (χ4n) is 3.83. The molecule has 1 aromatic carbocycles. The lowest BCUT2D eigenvalue weighted by molar-refractivity contribution is -0.126. The van der Waals surface area contributed by atoms with Crippen LogP contribution in [0.5, 0.6) is 0 Å². The van der Waals surface area contributed by atoms with Crippen molar-refractivity contribution in [2.45, 2.75) is 53.3 Å². The second-order valence-electron chi connectivity index (χ2n) is 8.09. The largest absolute Gasteiger partial charge is 0.354 e. The van der Waals surface area contributed by atoms with E-state index in [2.05, 4.69) is 26.6 Å². The van der Waals surface area contributed by atoms with Crippen LogP contribution in [0, 0.1) is 0 Å². The van der Waals surface area contributed by atoms with Crippen LogP contribution in [0.2, 0.25) is 0 Å². The van der Waals surface area contributed by atoms with Gasteiger partial charge in [-0.15, -0.1) is 0 Å². The van der Waals surface area contributed by atoms with Crippen LogP contribution in [0.15, 0.2) is 35.2 Å². The lowest BCUT2D eigenvalue weighted by atomic mass is 10.0. The summed E-state index contributed by atoms with van der Waals surface area (Å²) in [7, 11) is 0. The molecule has 2 aliphatic heterocycles. The second-order valence-corrected chi connectivity index (χ2v) is 10.5. The maximum Gasteiger partial charge on any atom is 0.315 e. The van der Waals surface area contributed by atoms with E-state index in [-0.39, 0.29) is 43.0 Å². The van der Waals surface area contributed by atoms with Crippen molar-refractivity contribution in [2.24, 2.45) is 5.73 Å². The van der Waals surface area contributed by atoms with Crippen LogP contribution < -0.4 is 32.3 Å². The molecule has 3 rings (SSSR count). The maximum atomic E-state index is 12.5. The first-order chi connectivity index (χ1) is 16.5. The van der Waals surface area contributed by atoms with Gasteiger partial charge in [0.25, 0.3) is 5.91 Å². The Bertz CT molecular complexity index is 859. The van der Waals surface area contributed by atoms with E-state index in [0.29, 0.717) is 18.2 Å². The fraction of sp³-hybridized carbons (Fsp3) is 0.545. The summed E-state index contributed by atoms with van der Waals surface area (Å²) in [5.41, 5.74) is 5.36. The first-order valence-electron chi connectivity index (χ1n) is 11.4. The number of carbonyl (C=O) groups excluding carboxylic acids is 4. The Hall–Kier alpha value is -2.44. The number of thioether (sulfide) groups is 2. The van der Waals surface area contributed by atoms with Crippen molar-refractivity contribution in [3.63, 3.8) is 0 Å². The molecule has 1 aromatic rings. The summed E-state index contributed by atoms with van der Waals surface area (Å²) in [6, 6.07) is 9.60. The molecular formula is C22H32N6O4S2. The van der Waals surface area contributed by atoms with E-state index in [1.807, 2.05) is 42.1 Å². The standard InChI is InChI=1S/C22H32N6O4S2/c23-12-18(30)27-21(34-14-6-2-1-3-7-14)20(31)25-11-10-24-17(29)9-5-4-8-16-19-15(13-33-16)26-22(32)28-19/h1-3,6-7,15-16,19,21H,4-5,8-13,23H2,(H,24,29)(H,25,31)(H,27,30)(H2,26,28,32). The van der Waals surface area contributed by atoms with E-state index in [1.165, 1.54) is 11.8 Å². The van der Waals surface area contributed by atoms with E-state index >= 15 is 0 Å². The summed E-state index contributed by atoms with van der Waals surface area (Å²) in [5.74, 6) is 0.0930. The quantitative estimate of drug-likeness (QED) is 0.0958. The Morgan fingerprint density at radius 1 is 1.09 bits per heavy atom. The number of hydrogen-bond donors (Lipinski definition) is 6. The molecule has 0 aromatic heterocycles. The number of hydrogen-bond acceptors (Lipinski definition) is 7. The third-order valence-electron chi connectivity index (χ3n) is 5.54. The highest BCUT2D eigenvalue weighted by Crippen LogP contribution is 2.33. The number of nitrogens with one attached hydrogen (secondary N) is 5. The molecule has 2 saturated heterocycles. The zero-order valence-corrected chi connectivity index (χ0v) is 20.5. The van der Waals surface area contributed by atoms with Crippen molar-refractivity contribution in [2.75, 3.05) is 25.4 Å². The first kappa shape index (κ1) is 26.2. The molecule has 4 unspecified atom stereocenters. The van der Waals surface area contributed by atoms with Gasteiger partial charge in [0.2, 0.25) is 11.8 Å². The molecule has 10 nitrogen and oxygen atoms in total. The number of unbranched alkanes of at least 4 members (excludes halogenated alkanes) is 1. The maximum absolute atomic E-state index is 12.5. The van der Waals surface area contributed by atoms with E-state index in [1.54, 1.807) is 0 Å². The average Bonchev–Trinajstić information content (AvgIpc) is 3.38. The second kappa shape index (κ2) is 13.4. The van der Waals surface area contributed by atoms with E-state index in [9.17, 15) is 19.2 Å². The fourth-order valence-corrected chi connectivity index (χ4v) is 6.34. The zero-order valence-electron chi connectivity index (χ0n) is 18.9. The molecule has 2 aliphatic rings. The lowest BCUT2D eigenvalue weighted by Gasteiger charge is -2.18. The number of fused-ring (bicyclic) bond motifs is 1. The predicted molar refractivity (Wildman–Crippen MR) is 133 cm³/mol. The van der Waals surface area contributed by atoms with E-state index in [4.69, 9.17) is 5.73 Å². The SMILES string of the molecule is NCC(=O)NC(Sc1ccccc1)C(=O)NCCNC(=O)CCCCC1SCC2NC(=O)NC21. The minimum Gasteiger partial charge on any atom is -0.354 e. The molecule has 2 heterocycles. The topological polar surface area (TPSA) is 154 Å². The third-order valence-corrected chi connectivity index (χ3v) is 8.16. The molecule has 4 atom stereocenters. The van der Waals surface area contributed by atoms with Gasteiger partial charge in [0.15, 0.2) is 5.37 Å². The van der Waals surface area contributed by atoms with Gasteiger partial charge in [-0.1, -0.05) is 36.4 Å². The lowest BCUT2D eigenvalue weighted by Crippen LogP contribution is -2.47. The Morgan fingerprint density at radius 2 is 1.85 bits per heavy atom. The van der Waals surface area contributed by atoms with Crippen LogP contribution in [-0.2, 0) is 14.4 Å². The molecule has 0 aliphatic carbocycles. The van der Waals surface area contributed by atoms with Crippen molar-refractivity contribution < 1.29 is 19.2 Å². The predicted octanol–water partition coefficient (Wildman–Crippen LogP) is 0.138. The minimum absolute atomic E-state index is 0.0614. The summed E-state index contributed by atoms with van der Waals surface area (Å²) in [6.07, 6.45) is 3.07. The molecule has 7 N–H and O–H groups in total.